The van der Waals surface area contributed by atoms with Crippen molar-refractivity contribution >= 4 is 11.9 Å². The van der Waals surface area contributed by atoms with Gasteiger partial charge in [0.15, 0.2) is 0 Å². The predicted octanol–water partition coefficient (Wildman–Crippen LogP) is 3.11. The maximum Gasteiger partial charge on any atom is 0.335 e. The largest absolute Gasteiger partial charge is 0.478 e. The van der Waals surface area contributed by atoms with E-state index in [1.165, 1.54) is 30.4 Å². The molecule has 2 N–H and O–H groups in total. The molecule has 1 aromatic carbocycles. The Kier molecular flexibility index (Phi) is 3.43. The van der Waals surface area contributed by atoms with Gasteiger partial charge in [0.25, 0.3) is 0 Å². The van der Waals surface area contributed by atoms with Crippen molar-refractivity contribution in [1.29, 1.82) is 0 Å². The minimum atomic E-state index is -0.860. The summed E-state index contributed by atoms with van der Waals surface area (Å²) in [4.78, 5) is 23.1. The van der Waals surface area contributed by atoms with Crippen LogP contribution in [0.1, 0.15) is 65.9 Å². The van der Waals surface area contributed by atoms with Crippen molar-refractivity contribution in [2.24, 2.45) is 11.3 Å². The van der Waals surface area contributed by atoms with Crippen LogP contribution in [-0.2, 0) is 11.2 Å². The number of fused-ring (bicyclic) bond motifs is 1. The number of nitrogens with one attached hydrogen (secondary N) is 1. The minimum absolute atomic E-state index is 0.0460. The van der Waals surface area contributed by atoms with Gasteiger partial charge in [0, 0.05) is 18.4 Å². The van der Waals surface area contributed by atoms with E-state index in [0.29, 0.717) is 17.9 Å². The lowest BCUT2D eigenvalue weighted by atomic mass is 9.59. The number of carboxylic acids is 1. The van der Waals surface area contributed by atoms with Gasteiger partial charge in [-0.05, 0) is 54.4 Å². The van der Waals surface area contributed by atoms with Gasteiger partial charge in [0.2, 0.25) is 5.91 Å². The predicted molar refractivity (Wildman–Crippen MR) is 86.5 cm³/mol. The van der Waals surface area contributed by atoms with Crippen LogP contribution < -0.4 is 5.32 Å². The van der Waals surface area contributed by atoms with E-state index in [-0.39, 0.29) is 11.3 Å². The van der Waals surface area contributed by atoms with Crippen LogP contribution >= 0.6 is 0 Å². The number of amides is 1. The Morgan fingerprint density at radius 1 is 1.35 bits per heavy atom. The first-order valence-electron chi connectivity index (χ1n) is 8.70. The summed E-state index contributed by atoms with van der Waals surface area (Å²) in [6.45, 7) is 0.781. The molecule has 1 unspecified atom stereocenters. The van der Waals surface area contributed by atoms with Crippen LogP contribution in [0, 0.1) is 11.3 Å². The lowest BCUT2D eigenvalue weighted by molar-refractivity contribution is -0.119. The Morgan fingerprint density at radius 2 is 2.17 bits per heavy atom. The number of carbonyl (C=O) groups excluding carboxylic acids is 1. The first kappa shape index (κ1) is 14.7. The van der Waals surface area contributed by atoms with E-state index in [1.807, 2.05) is 12.1 Å². The Hall–Kier alpha value is -1.84. The highest BCUT2D eigenvalue weighted by molar-refractivity contribution is 5.88. The molecule has 1 saturated carbocycles. The molecule has 4 nitrogen and oxygen atoms in total. The number of carbonyl (C=O) groups is 2. The van der Waals surface area contributed by atoms with Crippen molar-refractivity contribution in [3.63, 3.8) is 0 Å². The summed E-state index contributed by atoms with van der Waals surface area (Å²) >= 11 is 0. The number of benzene rings is 1. The molecule has 23 heavy (non-hydrogen) atoms. The normalized spacial score (nSPS) is 29.9. The standard InChI is InChI=1S/C19H23NO3/c21-17-10-19(11-20-17)7-6-13-9-14(18(22)23)4-5-15(13)16(19)8-12-2-1-3-12/h4-5,9,12,16H,1-3,6-8,10-11H2,(H,20,21)(H,22,23)/t16?,19-/m0/s1. The van der Waals surface area contributed by atoms with Crippen molar-refractivity contribution in [1.82, 2.24) is 5.32 Å². The van der Waals surface area contributed by atoms with Crippen LogP contribution in [0.15, 0.2) is 18.2 Å². The minimum Gasteiger partial charge on any atom is -0.478 e. The number of hydrogen-bond acceptors (Lipinski definition) is 2. The van der Waals surface area contributed by atoms with Crippen LogP contribution in [0.3, 0.4) is 0 Å². The lowest BCUT2D eigenvalue weighted by Gasteiger charge is -2.44. The van der Waals surface area contributed by atoms with Gasteiger partial charge in [-0.25, -0.2) is 4.79 Å². The molecule has 0 aromatic heterocycles. The Labute approximate surface area is 136 Å². The van der Waals surface area contributed by atoms with Gasteiger partial charge in [-0.1, -0.05) is 25.3 Å². The first-order chi connectivity index (χ1) is 11.1. The van der Waals surface area contributed by atoms with Gasteiger partial charge in [0.05, 0.1) is 5.56 Å². The van der Waals surface area contributed by atoms with Gasteiger partial charge in [-0.3, -0.25) is 4.79 Å². The van der Waals surface area contributed by atoms with Crippen LogP contribution in [0.25, 0.3) is 0 Å². The summed E-state index contributed by atoms with van der Waals surface area (Å²) in [6, 6.07) is 5.60. The molecular weight excluding hydrogens is 290 g/mol. The van der Waals surface area contributed by atoms with Crippen molar-refractivity contribution < 1.29 is 14.7 Å². The van der Waals surface area contributed by atoms with Crippen LogP contribution in [0.2, 0.25) is 0 Å². The van der Waals surface area contributed by atoms with Gasteiger partial charge in [-0.2, -0.15) is 0 Å². The zero-order valence-electron chi connectivity index (χ0n) is 13.3. The van der Waals surface area contributed by atoms with Gasteiger partial charge in [0.1, 0.15) is 0 Å². The molecule has 1 spiro atoms. The second-order valence-corrected chi connectivity index (χ2v) is 7.62. The van der Waals surface area contributed by atoms with Crippen LogP contribution in [0.4, 0.5) is 0 Å². The number of rotatable bonds is 3. The van der Waals surface area contributed by atoms with Crippen molar-refractivity contribution in [3.8, 4) is 0 Å². The highest BCUT2D eigenvalue weighted by atomic mass is 16.4. The summed E-state index contributed by atoms with van der Waals surface area (Å²) in [5, 5.41) is 12.3. The molecule has 1 aliphatic heterocycles. The molecule has 0 bridgehead atoms. The maximum absolute atomic E-state index is 11.9. The second kappa shape index (κ2) is 5.36. The van der Waals surface area contributed by atoms with E-state index in [4.69, 9.17) is 0 Å². The van der Waals surface area contributed by atoms with E-state index >= 15 is 0 Å². The summed E-state index contributed by atoms with van der Waals surface area (Å²) < 4.78 is 0. The van der Waals surface area contributed by atoms with Crippen LogP contribution in [-0.4, -0.2) is 23.5 Å². The molecule has 1 amide bonds. The fraction of sp³-hybridized carbons (Fsp3) is 0.579. The molecule has 3 aliphatic rings. The van der Waals surface area contributed by atoms with Gasteiger partial charge < -0.3 is 10.4 Å². The third-order valence-corrected chi connectivity index (χ3v) is 6.34. The molecule has 1 heterocycles. The van der Waals surface area contributed by atoms with Crippen molar-refractivity contribution in [2.45, 2.75) is 50.9 Å². The Morgan fingerprint density at radius 3 is 2.78 bits per heavy atom. The molecule has 2 atom stereocenters. The molecular formula is C19H23NO3. The quantitative estimate of drug-likeness (QED) is 0.901. The monoisotopic (exact) mass is 313 g/mol. The molecule has 4 rings (SSSR count). The second-order valence-electron chi connectivity index (χ2n) is 7.62. The van der Waals surface area contributed by atoms with E-state index in [9.17, 15) is 14.7 Å². The Balaban J connectivity index is 1.72. The van der Waals surface area contributed by atoms with E-state index < -0.39 is 5.97 Å². The Bertz CT molecular complexity index is 665. The molecule has 122 valence electrons. The average Bonchev–Trinajstić information content (AvgIpc) is 2.86. The fourth-order valence-electron chi connectivity index (χ4n) is 4.76. The molecule has 1 aromatic rings. The topological polar surface area (TPSA) is 66.4 Å². The van der Waals surface area contributed by atoms with Crippen molar-refractivity contribution in [3.05, 3.63) is 34.9 Å². The van der Waals surface area contributed by atoms with Gasteiger partial charge >= 0.3 is 5.97 Å². The summed E-state index contributed by atoms with van der Waals surface area (Å²) in [7, 11) is 0. The smallest absolute Gasteiger partial charge is 0.335 e. The third kappa shape index (κ3) is 2.44. The SMILES string of the molecule is O=C1C[C@@]2(CCc3cc(C(=O)O)ccc3C2CC2CCC2)CN1. The highest BCUT2D eigenvalue weighted by Crippen LogP contribution is 2.53. The van der Waals surface area contributed by atoms with E-state index in [0.717, 1.165) is 31.7 Å². The number of carboxylic acid groups (broad SMARTS) is 1. The molecule has 2 fully saturated rings. The summed E-state index contributed by atoms with van der Waals surface area (Å²) in [5.74, 6) is 0.478. The first-order valence-corrected chi connectivity index (χ1v) is 8.70. The summed E-state index contributed by atoms with van der Waals surface area (Å²) in [5.41, 5.74) is 2.90. The van der Waals surface area contributed by atoms with Crippen LogP contribution in [0.5, 0.6) is 0 Å². The van der Waals surface area contributed by atoms with Crippen molar-refractivity contribution in [2.75, 3.05) is 6.54 Å². The highest BCUT2D eigenvalue weighted by Gasteiger charge is 2.48. The zero-order valence-corrected chi connectivity index (χ0v) is 13.3. The summed E-state index contributed by atoms with van der Waals surface area (Å²) in [6.07, 6.45) is 7.57. The molecule has 4 heteroatoms. The molecule has 1 saturated heterocycles. The molecule has 2 aliphatic carbocycles. The molecule has 0 radical (unpaired) electrons. The van der Waals surface area contributed by atoms with E-state index in [2.05, 4.69) is 5.32 Å². The fourth-order valence-corrected chi connectivity index (χ4v) is 4.76. The maximum atomic E-state index is 11.9. The lowest BCUT2D eigenvalue weighted by Crippen LogP contribution is -2.37. The number of aryl methyl sites for hydroxylation is 1. The number of aromatic carboxylic acids is 1. The number of hydrogen-bond donors (Lipinski definition) is 2. The van der Waals surface area contributed by atoms with Gasteiger partial charge in [-0.15, -0.1) is 0 Å². The van der Waals surface area contributed by atoms with E-state index in [1.54, 1.807) is 6.07 Å². The zero-order chi connectivity index (χ0) is 16.0. The average molecular weight is 313 g/mol. The third-order valence-electron chi connectivity index (χ3n) is 6.34.